The van der Waals surface area contributed by atoms with E-state index in [1.54, 1.807) is 0 Å². The number of ketones is 1. The fourth-order valence-electron chi connectivity index (χ4n) is 6.95. The first-order chi connectivity index (χ1) is 12.6. The van der Waals surface area contributed by atoms with Crippen LogP contribution in [0.1, 0.15) is 68.1 Å². The third kappa shape index (κ3) is 2.46. The Labute approximate surface area is 156 Å². The molecule has 26 heavy (non-hydrogen) atoms. The molecule has 1 aromatic carbocycles. The third-order valence-electron chi connectivity index (χ3n) is 8.17. The normalized spacial score (nSPS) is 36.7. The largest absolute Gasteiger partial charge is 0.508 e. The molecule has 2 bridgehead atoms. The van der Waals surface area contributed by atoms with E-state index in [1.165, 1.54) is 42.4 Å². The van der Waals surface area contributed by atoms with Gasteiger partial charge in [0.25, 0.3) is 0 Å². The van der Waals surface area contributed by atoms with Crippen molar-refractivity contribution in [2.24, 2.45) is 17.8 Å². The van der Waals surface area contributed by atoms with Gasteiger partial charge in [-0.2, -0.15) is 0 Å². The average molecular weight is 354 g/mol. The van der Waals surface area contributed by atoms with Gasteiger partial charge in [-0.1, -0.05) is 25.7 Å². The first kappa shape index (κ1) is 16.8. The second-order valence-electron chi connectivity index (χ2n) is 9.53. The van der Waals surface area contributed by atoms with Gasteiger partial charge in [0.05, 0.1) is 0 Å². The summed E-state index contributed by atoms with van der Waals surface area (Å²) in [7, 11) is 0. The van der Waals surface area contributed by atoms with Crippen LogP contribution < -0.4 is 5.32 Å². The molecule has 4 atom stereocenters. The minimum absolute atomic E-state index is 0.0315. The van der Waals surface area contributed by atoms with E-state index in [-0.39, 0.29) is 11.3 Å². The number of carbonyl (C=O) groups is 1. The number of carbonyl (C=O) groups excluding carboxylic acids is 1. The van der Waals surface area contributed by atoms with Gasteiger partial charge in [0, 0.05) is 23.8 Å². The first-order valence-corrected chi connectivity index (χ1v) is 10.7. The topological polar surface area (TPSA) is 49.3 Å². The van der Waals surface area contributed by atoms with Crippen molar-refractivity contribution in [3.63, 3.8) is 0 Å². The van der Waals surface area contributed by atoms with Gasteiger partial charge in [-0.25, -0.2) is 0 Å². The number of aryl methyl sites for hydroxylation is 1. The lowest BCUT2D eigenvalue weighted by molar-refractivity contribution is -0.131. The number of rotatable bonds is 2. The Hall–Kier alpha value is -1.35. The molecule has 4 aliphatic rings. The number of piperidine rings is 1. The van der Waals surface area contributed by atoms with Crippen LogP contribution in [0.3, 0.4) is 0 Å². The molecule has 3 heteroatoms. The lowest BCUT2D eigenvalue weighted by atomic mass is 9.50. The van der Waals surface area contributed by atoms with E-state index in [2.05, 4.69) is 12.2 Å². The van der Waals surface area contributed by atoms with E-state index in [9.17, 15) is 9.90 Å². The number of aromatic hydroxyl groups is 1. The number of phenols is 1. The monoisotopic (exact) mass is 353 g/mol. The van der Waals surface area contributed by atoms with Crippen LogP contribution in [0.5, 0.6) is 5.75 Å². The Balaban J connectivity index is 1.51. The Morgan fingerprint density at radius 3 is 2.88 bits per heavy atom. The summed E-state index contributed by atoms with van der Waals surface area (Å²) in [6.45, 7) is 3.11. The van der Waals surface area contributed by atoms with Crippen LogP contribution in [-0.4, -0.2) is 23.5 Å². The maximum Gasteiger partial charge on any atom is 0.136 e. The summed E-state index contributed by atoms with van der Waals surface area (Å²) < 4.78 is 0. The highest BCUT2D eigenvalue weighted by Gasteiger charge is 2.56. The molecule has 1 aromatic rings. The highest BCUT2D eigenvalue weighted by atomic mass is 16.3. The highest BCUT2D eigenvalue weighted by Crippen LogP contribution is 2.56. The van der Waals surface area contributed by atoms with Crippen LogP contribution in [0.4, 0.5) is 0 Å². The molecule has 5 rings (SSSR count). The second kappa shape index (κ2) is 6.09. The molecule has 3 fully saturated rings. The minimum Gasteiger partial charge on any atom is -0.508 e. The number of nitrogens with one attached hydrogen (secondary N) is 1. The lowest BCUT2D eigenvalue weighted by Gasteiger charge is -2.57. The number of benzene rings is 1. The molecule has 0 amide bonds. The Kier molecular flexibility index (Phi) is 3.93. The van der Waals surface area contributed by atoms with Crippen molar-refractivity contribution in [3.8, 4) is 5.75 Å². The first-order valence-electron chi connectivity index (χ1n) is 10.7. The van der Waals surface area contributed by atoms with Gasteiger partial charge in [-0.3, -0.25) is 4.79 Å². The molecular weight excluding hydrogens is 322 g/mol. The Morgan fingerprint density at radius 1 is 1.27 bits per heavy atom. The zero-order valence-electron chi connectivity index (χ0n) is 15.9. The molecule has 140 valence electrons. The van der Waals surface area contributed by atoms with Crippen LogP contribution >= 0.6 is 0 Å². The molecule has 0 aromatic heterocycles. The third-order valence-corrected chi connectivity index (χ3v) is 8.17. The van der Waals surface area contributed by atoms with Gasteiger partial charge in [0.15, 0.2) is 0 Å². The van der Waals surface area contributed by atoms with Crippen molar-refractivity contribution >= 4 is 5.78 Å². The van der Waals surface area contributed by atoms with Crippen LogP contribution in [0.25, 0.3) is 0 Å². The Morgan fingerprint density at radius 2 is 2.08 bits per heavy atom. The molecule has 2 N–H and O–H groups in total. The van der Waals surface area contributed by atoms with E-state index >= 15 is 0 Å². The minimum atomic E-state index is -0.0315. The van der Waals surface area contributed by atoms with E-state index in [0.29, 0.717) is 29.9 Å². The van der Waals surface area contributed by atoms with Gasteiger partial charge >= 0.3 is 0 Å². The van der Waals surface area contributed by atoms with E-state index < -0.39 is 0 Å². The molecule has 2 saturated carbocycles. The van der Waals surface area contributed by atoms with Crippen molar-refractivity contribution in [2.45, 2.75) is 76.2 Å². The second-order valence-corrected chi connectivity index (χ2v) is 9.53. The molecule has 1 saturated heterocycles. The van der Waals surface area contributed by atoms with E-state index in [4.69, 9.17) is 0 Å². The van der Waals surface area contributed by atoms with E-state index in [1.807, 2.05) is 12.1 Å². The molecular formula is C23H31NO2. The predicted octanol–water partition coefficient (Wildman–Crippen LogP) is 4.03. The smallest absolute Gasteiger partial charge is 0.136 e. The van der Waals surface area contributed by atoms with Gasteiger partial charge in [0.1, 0.15) is 11.5 Å². The van der Waals surface area contributed by atoms with Gasteiger partial charge in [-0.05, 0) is 79.8 Å². The summed E-state index contributed by atoms with van der Waals surface area (Å²) in [5, 5.41) is 14.0. The van der Waals surface area contributed by atoms with E-state index in [0.717, 1.165) is 38.1 Å². The SMILES string of the molecule is Cc1cc(O)cc2c1C[C@H]1NCC[C@@]23CC(=O)[C@@H](CC2CCCC2)C[C@@H]13. The standard InChI is InChI=1S/C23H31NO2/c1-14-8-17(25)11-19-18(14)12-21-20-10-16(9-15-4-2-3-5-15)22(26)13-23(19,20)6-7-24-21/h8,11,15-16,20-21,24-25H,2-7,9-10,12-13H2,1H3/t16-,20-,21+,23+/m0/s1. The fraction of sp³-hybridized carbons (Fsp3) is 0.696. The van der Waals surface area contributed by atoms with Crippen LogP contribution in [-0.2, 0) is 16.6 Å². The summed E-state index contributed by atoms with van der Waals surface area (Å²) in [5.74, 6) is 2.48. The molecule has 0 radical (unpaired) electrons. The molecule has 0 unspecified atom stereocenters. The highest BCUT2D eigenvalue weighted by molar-refractivity contribution is 5.84. The van der Waals surface area contributed by atoms with Gasteiger partial charge in [0.2, 0.25) is 0 Å². The van der Waals surface area contributed by atoms with Crippen molar-refractivity contribution in [3.05, 3.63) is 28.8 Å². The van der Waals surface area contributed by atoms with Gasteiger partial charge < -0.3 is 10.4 Å². The maximum absolute atomic E-state index is 13.2. The number of hydrogen-bond acceptors (Lipinski definition) is 3. The summed E-state index contributed by atoms with van der Waals surface area (Å²) in [6, 6.07) is 4.37. The summed E-state index contributed by atoms with van der Waals surface area (Å²) in [5.41, 5.74) is 3.84. The lowest BCUT2D eigenvalue weighted by Crippen LogP contribution is -2.62. The van der Waals surface area contributed by atoms with Crippen LogP contribution in [0.15, 0.2) is 12.1 Å². The van der Waals surface area contributed by atoms with Crippen molar-refractivity contribution in [2.75, 3.05) is 6.54 Å². The number of phenolic OH excluding ortho intramolecular Hbond substituents is 1. The van der Waals surface area contributed by atoms with Crippen molar-refractivity contribution in [1.29, 1.82) is 0 Å². The summed E-state index contributed by atoms with van der Waals surface area (Å²) >= 11 is 0. The zero-order chi connectivity index (χ0) is 17.9. The summed E-state index contributed by atoms with van der Waals surface area (Å²) in [6.07, 6.45) is 10.3. The zero-order valence-corrected chi connectivity index (χ0v) is 15.9. The predicted molar refractivity (Wildman–Crippen MR) is 102 cm³/mol. The average Bonchev–Trinajstić information content (AvgIpc) is 3.10. The quantitative estimate of drug-likeness (QED) is 0.844. The molecule has 0 spiro atoms. The number of hydrogen-bond donors (Lipinski definition) is 2. The molecule has 1 heterocycles. The number of fused-ring (bicyclic) bond motifs is 1. The van der Waals surface area contributed by atoms with Crippen molar-refractivity contribution < 1.29 is 9.90 Å². The maximum atomic E-state index is 13.2. The van der Waals surface area contributed by atoms with Crippen LogP contribution in [0.2, 0.25) is 0 Å². The van der Waals surface area contributed by atoms with Gasteiger partial charge in [-0.15, -0.1) is 0 Å². The number of Topliss-reactive ketones (excluding diaryl/α,β-unsaturated/α-hetero) is 1. The molecule has 3 nitrogen and oxygen atoms in total. The van der Waals surface area contributed by atoms with Crippen LogP contribution in [0, 0.1) is 24.7 Å². The molecule has 1 aliphatic heterocycles. The van der Waals surface area contributed by atoms with Crippen molar-refractivity contribution in [1.82, 2.24) is 5.32 Å². The Bertz CT molecular complexity index is 736. The molecule has 3 aliphatic carbocycles. The fourth-order valence-corrected chi connectivity index (χ4v) is 6.95. The summed E-state index contributed by atoms with van der Waals surface area (Å²) in [4.78, 5) is 13.2.